The van der Waals surface area contributed by atoms with E-state index in [-0.39, 0.29) is 6.04 Å². The van der Waals surface area contributed by atoms with E-state index >= 15 is 0 Å². The van der Waals surface area contributed by atoms with E-state index in [4.69, 9.17) is 4.74 Å². The summed E-state index contributed by atoms with van der Waals surface area (Å²) in [6.07, 6.45) is 3.00. The second-order valence-electron chi connectivity index (χ2n) is 5.93. The number of nitrogens with zero attached hydrogens (tertiary/aromatic N) is 3. The van der Waals surface area contributed by atoms with Crippen LogP contribution in [-0.4, -0.2) is 67.2 Å². The van der Waals surface area contributed by atoms with E-state index in [1.54, 1.807) is 7.11 Å². The van der Waals surface area contributed by atoms with Crippen LogP contribution in [-0.2, 0) is 0 Å². The van der Waals surface area contributed by atoms with Crippen molar-refractivity contribution in [1.29, 1.82) is 0 Å². The molecule has 0 saturated carbocycles. The van der Waals surface area contributed by atoms with E-state index in [0.717, 1.165) is 31.0 Å². The summed E-state index contributed by atoms with van der Waals surface area (Å²) >= 11 is 0. The highest BCUT2D eigenvalue weighted by atomic mass is 16.5. The third kappa shape index (κ3) is 3.05. The van der Waals surface area contributed by atoms with Crippen LogP contribution in [0.2, 0.25) is 0 Å². The van der Waals surface area contributed by atoms with Crippen LogP contribution in [0.15, 0.2) is 18.3 Å². The summed E-state index contributed by atoms with van der Waals surface area (Å²) in [5.74, 6) is 0.892. The minimum absolute atomic E-state index is 0.240. The van der Waals surface area contributed by atoms with Crippen molar-refractivity contribution in [1.82, 2.24) is 20.1 Å². The molecule has 2 unspecified atom stereocenters. The number of aromatic nitrogens is 1. The van der Waals surface area contributed by atoms with Crippen molar-refractivity contribution in [2.75, 3.05) is 46.4 Å². The molecule has 0 spiro atoms. The zero-order valence-corrected chi connectivity index (χ0v) is 13.1. The fourth-order valence-corrected chi connectivity index (χ4v) is 3.50. The molecule has 2 bridgehead atoms. The van der Waals surface area contributed by atoms with Gasteiger partial charge in [0.1, 0.15) is 11.4 Å². The van der Waals surface area contributed by atoms with Gasteiger partial charge in [0.25, 0.3) is 0 Å². The van der Waals surface area contributed by atoms with Gasteiger partial charge in [-0.15, -0.1) is 0 Å². The number of ether oxygens (including phenoxy) is 1. The topological polar surface area (TPSA) is 40.6 Å². The van der Waals surface area contributed by atoms with Gasteiger partial charge in [-0.25, -0.2) is 0 Å². The number of rotatable bonds is 6. The summed E-state index contributed by atoms with van der Waals surface area (Å²) in [6.45, 7) is 9.09. The molecule has 1 aromatic heterocycles. The van der Waals surface area contributed by atoms with Crippen LogP contribution in [0.25, 0.3) is 0 Å². The SMILES string of the molecule is CCCNC(c1ncccc1OC)C1CN2CCN1CC2. The van der Waals surface area contributed by atoms with Crippen molar-refractivity contribution in [2.24, 2.45) is 0 Å². The minimum Gasteiger partial charge on any atom is -0.495 e. The van der Waals surface area contributed by atoms with Crippen LogP contribution in [0, 0.1) is 0 Å². The fraction of sp³-hybridized carbons (Fsp3) is 0.688. The Hall–Kier alpha value is -1.17. The summed E-state index contributed by atoms with van der Waals surface area (Å²) < 4.78 is 5.54. The van der Waals surface area contributed by atoms with E-state index in [9.17, 15) is 0 Å². The van der Waals surface area contributed by atoms with Gasteiger partial charge in [-0.3, -0.25) is 14.8 Å². The first-order valence-corrected chi connectivity index (χ1v) is 8.02. The standard InChI is InChI=1S/C16H26N4O/c1-3-6-17-15(16-14(21-2)5-4-7-18-16)13-12-19-8-10-20(13)11-9-19/h4-5,7,13,15,17H,3,6,8-12H2,1-2H3. The maximum Gasteiger partial charge on any atom is 0.142 e. The summed E-state index contributed by atoms with van der Waals surface area (Å²) in [5, 5.41) is 3.70. The molecule has 0 radical (unpaired) electrons. The fourth-order valence-electron chi connectivity index (χ4n) is 3.50. The van der Waals surface area contributed by atoms with E-state index in [0.29, 0.717) is 6.04 Å². The Kier molecular flexibility index (Phi) is 4.73. The molecule has 5 nitrogen and oxygen atoms in total. The molecule has 5 heteroatoms. The second-order valence-corrected chi connectivity index (χ2v) is 5.93. The number of hydrogen-bond acceptors (Lipinski definition) is 5. The Morgan fingerprint density at radius 1 is 1.38 bits per heavy atom. The van der Waals surface area contributed by atoms with Gasteiger partial charge in [-0.1, -0.05) is 6.92 Å². The molecular formula is C16H26N4O. The monoisotopic (exact) mass is 290 g/mol. The molecule has 1 aromatic rings. The first-order valence-electron chi connectivity index (χ1n) is 8.02. The van der Waals surface area contributed by atoms with Crippen LogP contribution in [0.3, 0.4) is 0 Å². The summed E-state index contributed by atoms with van der Waals surface area (Å²) in [5.41, 5.74) is 1.05. The van der Waals surface area contributed by atoms with Crippen LogP contribution in [0.4, 0.5) is 0 Å². The zero-order chi connectivity index (χ0) is 14.7. The first-order chi connectivity index (χ1) is 10.3. The summed E-state index contributed by atoms with van der Waals surface area (Å²) in [7, 11) is 1.73. The Morgan fingerprint density at radius 2 is 2.19 bits per heavy atom. The summed E-state index contributed by atoms with van der Waals surface area (Å²) in [6, 6.07) is 4.68. The quantitative estimate of drug-likeness (QED) is 0.850. The Balaban J connectivity index is 1.86. The van der Waals surface area contributed by atoms with Crippen molar-refractivity contribution in [3.8, 4) is 5.75 Å². The number of pyridine rings is 1. The van der Waals surface area contributed by atoms with Crippen molar-refractivity contribution >= 4 is 0 Å². The van der Waals surface area contributed by atoms with Crippen molar-refractivity contribution in [3.05, 3.63) is 24.0 Å². The third-order valence-electron chi connectivity index (χ3n) is 4.63. The molecule has 0 amide bonds. The maximum atomic E-state index is 5.54. The molecule has 3 aliphatic heterocycles. The largest absolute Gasteiger partial charge is 0.495 e. The minimum atomic E-state index is 0.240. The molecular weight excluding hydrogens is 264 g/mol. The van der Waals surface area contributed by atoms with Crippen LogP contribution in [0.5, 0.6) is 5.75 Å². The molecule has 0 aromatic carbocycles. The second kappa shape index (κ2) is 6.73. The van der Waals surface area contributed by atoms with Gasteiger partial charge in [0.2, 0.25) is 0 Å². The Bertz CT molecular complexity index is 459. The molecule has 3 saturated heterocycles. The van der Waals surface area contributed by atoms with E-state index in [1.807, 2.05) is 18.3 Å². The first kappa shape index (κ1) is 14.8. The lowest BCUT2D eigenvalue weighted by molar-refractivity contribution is -0.00462. The molecule has 3 aliphatic rings. The van der Waals surface area contributed by atoms with Crippen molar-refractivity contribution in [2.45, 2.75) is 25.4 Å². The highest BCUT2D eigenvalue weighted by molar-refractivity contribution is 5.31. The molecule has 2 atom stereocenters. The average Bonchev–Trinajstić information content (AvgIpc) is 2.57. The van der Waals surface area contributed by atoms with Crippen LogP contribution < -0.4 is 10.1 Å². The molecule has 0 aliphatic carbocycles. The predicted octanol–water partition coefficient (Wildman–Crippen LogP) is 1.13. The highest BCUT2D eigenvalue weighted by Gasteiger charge is 2.38. The van der Waals surface area contributed by atoms with E-state index < -0.39 is 0 Å². The molecule has 116 valence electrons. The molecule has 21 heavy (non-hydrogen) atoms. The van der Waals surface area contributed by atoms with Gasteiger partial charge < -0.3 is 10.1 Å². The molecule has 1 N–H and O–H groups in total. The smallest absolute Gasteiger partial charge is 0.142 e. The number of fused-ring (bicyclic) bond motifs is 3. The van der Waals surface area contributed by atoms with Gasteiger partial charge in [0.05, 0.1) is 13.2 Å². The average molecular weight is 290 g/mol. The number of methoxy groups -OCH3 is 1. The lowest BCUT2D eigenvalue weighted by atomic mass is 9.96. The number of hydrogen-bond donors (Lipinski definition) is 1. The van der Waals surface area contributed by atoms with Gasteiger partial charge in [0.15, 0.2) is 0 Å². The van der Waals surface area contributed by atoms with Crippen molar-refractivity contribution < 1.29 is 4.74 Å². The van der Waals surface area contributed by atoms with Gasteiger partial charge >= 0.3 is 0 Å². The van der Waals surface area contributed by atoms with Gasteiger partial charge in [0, 0.05) is 45.0 Å². The van der Waals surface area contributed by atoms with Crippen LogP contribution >= 0.6 is 0 Å². The van der Waals surface area contributed by atoms with Gasteiger partial charge in [-0.2, -0.15) is 0 Å². The van der Waals surface area contributed by atoms with Crippen molar-refractivity contribution in [3.63, 3.8) is 0 Å². The zero-order valence-electron chi connectivity index (χ0n) is 13.1. The third-order valence-corrected chi connectivity index (χ3v) is 4.63. The Morgan fingerprint density at radius 3 is 2.81 bits per heavy atom. The Labute approximate surface area is 127 Å². The predicted molar refractivity (Wildman–Crippen MR) is 83.6 cm³/mol. The normalized spacial score (nSPS) is 29.3. The van der Waals surface area contributed by atoms with E-state index in [1.165, 1.54) is 26.2 Å². The lowest BCUT2D eigenvalue weighted by Gasteiger charge is -2.50. The molecule has 4 rings (SSSR count). The number of piperazine rings is 3. The maximum absolute atomic E-state index is 5.54. The lowest BCUT2D eigenvalue weighted by Crippen LogP contribution is -2.64. The highest BCUT2D eigenvalue weighted by Crippen LogP contribution is 2.31. The molecule has 3 fully saturated rings. The molecule has 4 heterocycles. The van der Waals surface area contributed by atoms with E-state index in [2.05, 4.69) is 27.0 Å². The van der Waals surface area contributed by atoms with Crippen LogP contribution in [0.1, 0.15) is 25.1 Å². The number of nitrogens with one attached hydrogen (secondary N) is 1. The summed E-state index contributed by atoms with van der Waals surface area (Å²) in [4.78, 5) is 9.81. The van der Waals surface area contributed by atoms with Gasteiger partial charge in [-0.05, 0) is 25.1 Å².